The summed E-state index contributed by atoms with van der Waals surface area (Å²) in [6.45, 7) is 4.02. The first-order valence-electron chi connectivity index (χ1n) is 8.03. The predicted molar refractivity (Wildman–Crippen MR) is 95.5 cm³/mol. The summed E-state index contributed by atoms with van der Waals surface area (Å²) in [5.74, 6) is 1.40. The Morgan fingerprint density at radius 3 is 2.29 bits per heavy atom. The minimum atomic E-state index is -0.393. The van der Waals surface area contributed by atoms with Gasteiger partial charge in [0.1, 0.15) is 0 Å². The molecule has 24 heavy (non-hydrogen) atoms. The van der Waals surface area contributed by atoms with E-state index in [1.165, 1.54) is 0 Å². The van der Waals surface area contributed by atoms with Crippen LogP contribution in [0.5, 0.6) is 11.5 Å². The molecular formula is C20H25NO3. The average molecular weight is 327 g/mol. The van der Waals surface area contributed by atoms with Gasteiger partial charge in [0.25, 0.3) is 0 Å². The van der Waals surface area contributed by atoms with Crippen LogP contribution in [-0.2, 0) is 16.8 Å². The van der Waals surface area contributed by atoms with Gasteiger partial charge in [-0.05, 0) is 43.5 Å². The molecule has 128 valence electrons. The highest BCUT2D eigenvalue weighted by Crippen LogP contribution is 2.28. The summed E-state index contributed by atoms with van der Waals surface area (Å²) >= 11 is 0. The smallest absolute Gasteiger partial charge is 0.221 e. The molecule has 2 rings (SSSR count). The van der Waals surface area contributed by atoms with Crippen LogP contribution in [-0.4, -0.2) is 20.1 Å². The van der Waals surface area contributed by atoms with Crippen LogP contribution >= 0.6 is 0 Å². The number of benzene rings is 2. The molecule has 0 radical (unpaired) electrons. The van der Waals surface area contributed by atoms with Gasteiger partial charge >= 0.3 is 0 Å². The Balaban J connectivity index is 1.96. The van der Waals surface area contributed by atoms with Crippen LogP contribution in [0.1, 0.15) is 31.4 Å². The second kappa shape index (κ2) is 7.86. The second-order valence-electron chi connectivity index (χ2n) is 6.23. The highest BCUT2D eigenvalue weighted by atomic mass is 16.5. The summed E-state index contributed by atoms with van der Waals surface area (Å²) in [6, 6.07) is 15.7. The Kier molecular flexibility index (Phi) is 5.85. The Labute approximate surface area is 143 Å². The van der Waals surface area contributed by atoms with E-state index in [0.29, 0.717) is 24.3 Å². The molecule has 4 nitrogen and oxygen atoms in total. The van der Waals surface area contributed by atoms with Crippen LogP contribution in [0.25, 0.3) is 0 Å². The van der Waals surface area contributed by atoms with Gasteiger partial charge in [0, 0.05) is 6.42 Å². The Morgan fingerprint density at radius 1 is 1.00 bits per heavy atom. The highest BCUT2D eigenvalue weighted by molar-refractivity contribution is 5.77. The summed E-state index contributed by atoms with van der Waals surface area (Å²) in [5.41, 5.74) is 1.74. The van der Waals surface area contributed by atoms with Crippen molar-refractivity contribution in [2.24, 2.45) is 0 Å². The van der Waals surface area contributed by atoms with E-state index in [4.69, 9.17) is 9.47 Å². The molecule has 0 heterocycles. The molecule has 0 saturated carbocycles. The first-order chi connectivity index (χ1) is 11.5. The van der Waals surface area contributed by atoms with Gasteiger partial charge in [0.2, 0.25) is 5.91 Å². The summed E-state index contributed by atoms with van der Waals surface area (Å²) in [5, 5.41) is 3.10. The summed E-state index contributed by atoms with van der Waals surface area (Å²) < 4.78 is 10.5. The highest BCUT2D eigenvalue weighted by Gasteiger charge is 2.22. The third kappa shape index (κ3) is 4.51. The number of hydrogen-bond donors (Lipinski definition) is 1. The molecule has 1 amide bonds. The van der Waals surface area contributed by atoms with Crippen molar-refractivity contribution in [1.82, 2.24) is 5.32 Å². The Hall–Kier alpha value is -2.49. The number of hydrogen-bond acceptors (Lipinski definition) is 3. The van der Waals surface area contributed by atoms with Gasteiger partial charge in [-0.2, -0.15) is 0 Å². The van der Waals surface area contributed by atoms with Crippen LogP contribution in [0.15, 0.2) is 48.5 Å². The van der Waals surface area contributed by atoms with Gasteiger partial charge in [-0.15, -0.1) is 0 Å². The monoisotopic (exact) mass is 327 g/mol. The lowest BCUT2D eigenvalue weighted by Crippen LogP contribution is -2.41. The molecule has 0 bridgehead atoms. The molecule has 0 fully saturated rings. The van der Waals surface area contributed by atoms with Crippen LogP contribution in [0.3, 0.4) is 0 Å². The van der Waals surface area contributed by atoms with E-state index in [1.807, 2.05) is 62.4 Å². The minimum absolute atomic E-state index is 0.0265. The quantitative estimate of drug-likeness (QED) is 0.844. The van der Waals surface area contributed by atoms with Crippen molar-refractivity contribution in [1.29, 1.82) is 0 Å². The topological polar surface area (TPSA) is 47.6 Å². The summed E-state index contributed by atoms with van der Waals surface area (Å²) in [7, 11) is 3.22. The standard InChI is InChI=1S/C20H25NO3/c1-20(2,16-8-6-5-7-9-16)21-19(22)13-11-15-10-12-17(23-3)18(14-15)24-4/h5-10,12,14H,11,13H2,1-4H3,(H,21,22). The zero-order valence-electron chi connectivity index (χ0n) is 14.8. The average Bonchev–Trinajstić information content (AvgIpc) is 2.60. The third-order valence-corrected chi connectivity index (χ3v) is 4.04. The van der Waals surface area contributed by atoms with E-state index in [2.05, 4.69) is 5.32 Å². The van der Waals surface area contributed by atoms with E-state index in [-0.39, 0.29) is 5.91 Å². The zero-order valence-corrected chi connectivity index (χ0v) is 14.8. The lowest BCUT2D eigenvalue weighted by Gasteiger charge is -2.27. The van der Waals surface area contributed by atoms with E-state index in [1.54, 1.807) is 14.2 Å². The number of nitrogens with one attached hydrogen (secondary N) is 1. The number of ether oxygens (including phenoxy) is 2. The molecule has 0 spiro atoms. The van der Waals surface area contributed by atoms with Crippen molar-refractivity contribution >= 4 is 5.91 Å². The lowest BCUT2D eigenvalue weighted by atomic mass is 9.94. The van der Waals surface area contributed by atoms with Crippen molar-refractivity contribution in [2.75, 3.05) is 14.2 Å². The molecule has 2 aromatic carbocycles. The molecule has 4 heteroatoms. The van der Waals surface area contributed by atoms with Crippen molar-refractivity contribution < 1.29 is 14.3 Å². The molecule has 0 aliphatic rings. The molecule has 0 saturated heterocycles. The van der Waals surface area contributed by atoms with Crippen LogP contribution in [0, 0.1) is 0 Å². The largest absolute Gasteiger partial charge is 0.493 e. The van der Waals surface area contributed by atoms with Crippen molar-refractivity contribution in [3.05, 3.63) is 59.7 Å². The van der Waals surface area contributed by atoms with E-state index >= 15 is 0 Å². The lowest BCUT2D eigenvalue weighted by molar-refractivity contribution is -0.122. The number of carbonyl (C=O) groups is 1. The fourth-order valence-corrected chi connectivity index (χ4v) is 2.63. The molecule has 0 aliphatic heterocycles. The minimum Gasteiger partial charge on any atom is -0.493 e. The van der Waals surface area contributed by atoms with E-state index in [9.17, 15) is 4.79 Å². The zero-order chi connectivity index (χ0) is 17.6. The SMILES string of the molecule is COc1ccc(CCC(=O)NC(C)(C)c2ccccc2)cc1OC. The maximum Gasteiger partial charge on any atom is 0.221 e. The number of amides is 1. The fourth-order valence-electron chi connectivity index (χ4n) is 2.63. The molecule has 2 aromatic rings. The number of carbonyl (C=O) groups excluding carboxylic acids is 1. The van der Waals surface area contributed by atoms with Gasteiger partial charge in [0.05, 0.1) is 19.8 Å². The normalized spacial score (nSPS) is 11.0. The van der Waals surface area contributed by atoms with E-state index in [0.717, 1.165) is 11.1 Å². The second-order valence-corrected chi connectivity index (χ2v) is 6.23. The summed E-state index contributed by atoms with van der Waals surface area (Å²) in [6.07, 6.45) is 1.07. The molecule has 0 atom stereocenters. The molecule has 0 aliphatic carbocycles. The molecule has 1 N–H and O–H groups in total. The van der Waals surface area contributed by atoms with Crippen molar-refractivity contribution in [3.63, 3.8) is 0 Å². The first kappa shape index (κ1) is 17.9. The van der Waals surface area contributed by atoms with E-state index < -0.39 is 5.54 Å². The van der Waals surface area contributed by atoms with Crippen LogP contribution < -0.4 is 14.8 Å². The van der Waals surface area contributed by atoms with Gasteiger partial charge in [-0.1, -0.05) is 36.4 Å². The summed E-state index contributed by atoms with van der Waals surface area (Å²) in [4.78, 5) is 12.3. The molecule has 0 unspecified atom stereocenters. The number of aryl methyl sites for hydroxylation is 1. The number of rotatable bonds is 7. The number of methoxy groups -OCH3 is 2. The fraction of sp³-hybridized carbons (Fsp3) is 0.350. The Bertz CT molecular complexity index is 681. The maximum absolute atomic E-state index is 12.3. The van der Waals surface area contributed by atoms with Gasteiger partial charge in [0.15, 0.2) is 11.5 Å². The van der Waals surface area contributed by atoms with Gasteiger partial charge in [-0.25, -0.2) is 0 Å². The van der Waals surface area contributed by atoms with Gasteiger partial charge in [-0.3, -0.25) is 4.79 Å². The first-order valence-corrected chi connectivity index (χ1v) is 8.03. The molecule has 0 aromatic heterocycles. The third-order valence-electron chi connectivity index (χ3n) is 4.04. The van der Waals surface area contributed by atoms with Gasteiger partial charge < -0.3 is 14.8 Å². The Morgan fingerprint density at radius 2 is 1.67 bits per heavy atom. The predicted octanol–water partition coefficient (Wildman–Crippen LogP) is 3.69. The van der Waals surface area contributed by atoms with Crippen molar-refractivity contribution in [2.45, 2.75) is 32.2 Å². The van der Waals surface area contributed by atoms with Crippen molar-refractivity contribution in [3.8, 4) is 11.5 Å². The van der Waals surface area contributed by atoms with Crippen LogP contribution in [0.4, 0.5) is 0 Å². The maximum atomic E-state index is 12.3. The molecular weight excluding hydrogens is 302 g/mol. The van der Waals surface area contributed by atoms with Crippen LogP contribution in [0.2, 0.25) is 0 Å².